The molecule has 0 radical (unpaired) electrons. The van der Waals surface area contributed by atoms with Gasteiger partial charge in [-0.15, -0.1) is 0 Å². The first kappa shape index (κ1) is 67.5. The van der Waals surface area contributed by atoms with Crippen LogP contribution in [0.4, 0.5) is 0 Å². The summed E-state index contributed by atoms with van der Waals surface area (Å²) in [5.41, 5.74) is 4.75. The lowest BCUT2D eigenvalue weighted by molar-refractivity contribution is -0.139. The molecule has 0 saturated heterocycles. The number of Topliss-reactive ketones (excluding diaryl/α,β-unsaturated/α-hetero) is 1. The third-order valence-electron chi connectivity index (χ3n) is 7.65. The SMILES string of the molecule is C.CC(C)C(=O)NC[C@H](O)CO.CC(C)[C@@H](O)C(N)=O.CCC(O)CNC(=O)[C@H](O)C(C)C.CC[C@H](O)CNC(=O)C(=O)C(C)C.CC[C@H](O)CNC(=O)C(O)C(C)C. The van der Waals surface area contributed by atoms with Crippen LogP contribution in [-0.2, 0) is 28.8 Å². The standard InChI is InChI=1S/2C9H19NO3.C9H17NO3.C7H15NO3.C5H11NO2.CH4/c3*1-4-7(11)5-10-9(13)8(12)6(2)3;1-5(2)7(11)8-3-6(10)4-9;1-3(2)4(7)5(6)8;/h2*6-8,11-12H,4-5H2,1-3H3,(H,10,13);6-7,11H,4-5H2,1-3H3,(H,10,13);5-6,9-10H,3-4H2,1-2H3,(H,8,11);3-4,7H,1-2H3,(H2,6,8);1H4/t7?,8-;7-,8?;7-;6-;4-;/m10001./s1. The minimum absolute atomic E-state index is 0. The Bertz CT molecular complexity index is 1070. The maximum atomic E-state index is 11.1. The van der Waals surface area contributed by atoms with Crippen LogP contribution in [-0.4, -0.2) is 152 Å². The van der Waals surface area contributed by atoms with Crippen molar-refractivity contribution < 1.29 is 69.6 Å². The molecule has 14 N–H and O–H groups in total. The van der Waals surface area contributed by atoms with Gasteiger partial charge in [0.1, 0.15) is 18.3 Å². The molecule has 59 heavy (non-hydrogen) atoms. The summed E-state index contributed by atoms with van der Waals surface area (Å²) >= 11 is 0. The van der Waals surface area contributed by atoms with Crippen LogP contribution < -0.4 is 27.0 Å². The fraction of sp³-hybridized carbons (Fsp3) is 0.850. The van der Waals surface area contributed by atoms with E-state index >= 15 is 0 Å². The minimum atomic E-state index is -0.991. The van der Waals surface area contributed by atoms with E-state index in [1.54, 1.807) is 76.2 Å². The predicted octanol–water partition coefficient (Wildman–Crippen LogP) is -0.884. The number of rotatable bonds is 21. The average molecular weight is 860 g/mol. The molecule has 7 atom stereocenters. The summed E-state index contributed by atoms with van der Waals surface area (Å²) in [6, 6.07) is 0. The Balaban J connectivity index is -0.000000149. The largest absolute Gasteiger partial charge is 0.394 e. The van der Waals surface area contributed by atoms with Crippen LogP contribution in [0.3, 0.4) is 0 Å². The van der Waals surface area contributed by atoms with E-state index in [0.29, 0.717) is 19.3 Å². The molecule has 0 aromatic heterocycles. The summed E-state index contributed by atoms with van der Waals surface area (Å²) in [4.78, 5) is 65.3. The van der Waals surface area contributed by atoms with Crippen LogP contribution in [0.5, 0.6) is 0 Å². The molecule has 19 heteroatoms. The Morgan fingerprint density at radius 2 is 0.746 bits per heavy atom. The Morgan fingerprint density at radius 3 is 0.966 bits per heavy atom. The molecular weight excluding hydrogens is 774 g/mol. The zero-order valence-corrected chi connectivity index (χ0v) is 37.2. The van der Waals surface area contributed by atoms with E-state index in [4.69, 9.17) is 36.4 Å². The van der Waals surface area contributed by atoms with Gasteiger partial charge >= 0.3 is 0 Å². The Kier molecular flexibility index (Phi) is 45.9. The van der Waals surface area contributed by atoms with E-state index in [0.717, 1.165) is 0 Å². The third-order valence-corrected chi connectivity index (χ3v) is 7.65. The highest BCUT2D eigenvalue weighted by molar-refractivity contribution is 6.36. The van der Waals surface area contributed by atoms with Gasteiger partial charge in [-0.25, -0.2) is 0 Å². The summed E-state index contributed by atoms with van der Waals surface area (Å²) in [5.74, 6) is -3.29. The number of primary amides is 1. The second-order valence-electron chi connectivity index (χ2n) is 15.1. The molecule has 2 unspecified atom stereocenters. The van der Waals surface area contributed by atoms with Crippen LogP contribution in [0.1, 0.15) is 117 Å². The number of amides is 5. The van der Waals surface area contributed by atoms with Gasteiger partial charge in [-0.05, 0) is 37.0 Å². The van der Waals surface area contributed by atoms with Crippen molar-refractivity contribution in [1.82, 2.24) is 21.3 Å². The number of nitrogens with two attached hydrogens (primary N) is 1. The molecule has 0 aromatic carbocycles. The van der Waals surface area contributed by atoms with Gasteiger partial charge < -0.3 is 67.9 Å². The molecule has 0 aliphatic carbocycles. The van der Waals surface area contributed by atoms with E-state index in [-0.39, 0.29) is 75.7 Å². The maximum Gasteiger partial charge on any atom is 0.287 e. The highest BCUT2D eigenvalue weighted by Crippen LogP contribution is 2.02. The van der Waals surface area contributed by atoms with Crippen molar-refractivity contribution in [1.29, 1.82) is 0 Å². The Labute approximate surface area is 353 Å². The molecule has 5 amide bonds. The van der Waals surface area contributed by atoms with Crippen molar-refractivity contribution in [2.75, 3.05) is 32.8 Å². The summed E-state index contributed by atoms with van der Waals surface area (Å²) in [7, 11) is 0. The first-order valence-electron chi connectivity index (χ1n) is 19.9. The van der Waals surface area contributed by atoms with E-state index in [2.05, 4.69) is 21.3 Å². The van der Waals surface area contributed by atoms with Crippen molar-refractivity contribution in [2.24, 2.45) is 35.3 Å². The Morgan fingerprint density at radius 1 is 0.458 bits per heavy atom. The summed E-state index contributed by atoms with van der Waals surface area (Å²) in [6.45, 7) is 23.2. The van der Waals surface area contributed by atoms with Gasteiger partial charge in [0.05, 0.1) is 31.0 Å². The van der Waals surface area contributed by atoms with Crippen LogP contribution in [0.25, 0.3) is 0 Å². The second kappa shape index (κ2) is 40.1. The topological polar surface area (TPSA) is 338 Å². The van der Waals surface area contributed by atoms with Gasteiger partial charge in [0.2, 0.25) is 29.4 Å². The number of aliphatic hydroxyl groups is 8. The third kappa shape index (κ3) is 41.2. The van der Waals surface area contributed by atoms with Gasteiger partial charge in [-0.2, -0.15) is 0 Å². The zero-order valence-electron chi connectivity index (χ0n) is 37.2. The molecule has 354 valence electrons. The molecule has 19 nitrogen and oxygen atoms in total. The number of carbonyl (C=O) groups excluding carboxylic acids is 6. The van der Waals surface area contributed by atoms with Gasteiger partial charge in [0, 0.05) is 38.0 Å². The lowest BCUT2D eigenvalue weighted by atomic mass is 10.1. The van der Waals surface area contributed by atoms with Crippen LogP contribution >= 0.6 is 0 Å². The fourth-order valence-electron chi connectivity index (χ4n) is 3.06. The molecule has 0 heterocycles. The van der Waals surface area contributed by atoms with Crippen LogP contribution in [0.15, 0.2) is 0 Å². The monoisotopic (exact) mass is 860 g/mol. The van der Waals surface area contributed by atoms with Crippen molar-refractivity contribution in [3.05, 3.63) is 0 Å². The number of hydrogen-bond donors (Lipinski definition) is 13. The van der Waals surface area contributed by atoms with Gasteiger partial charge in [0.25, 0.3) is 5.91 Å². The quantitative estimate of drug-likeness (QED) is 0.0624. The smallest absolute Gasteiger partial charge is 0.287 e. The van der Waals surface area contributed by atoms with E-state index in [1.807, 2.05) is 13.8 Å². The average Bonchev–Trinajstić information content (AvgIpc) is 3.18. The van der Waals surface area contributed by atoms with Gasteiger partial charge in [0.15, 0.2) is 0 Å². The van der Waals surface area contributed by atoms with E-state index in [1.165, 1.54) is 0 Å². The molecule has 0 rings (SSSR count). The number of carbonyl (C=O) groups is 6. The summed E-state index contributed by atoms with van der Waals surface area (Å²) in [6.07, 6.45) is -3.66. The molecule has 0 aromatic rings. The molecule has 0 bridgehead atoms. The number of aliphatic hydroxyl groups excluding tert-OH is 8. The maximum absolute atomic E-state index is 11.1. The molecular formula is C40H85N5O14. The number of hydrogen-bond acceptors (Lipinski definition) is 14. The van der Waals surface area contributed by atoms with Crippen molar-refractivity contribution in [3.8, 4) is 0 Å². The van der Waals surface area contributed by atoms with Gasteiger partial charge in [-0.1, -0.05) is 97.4 Å². The molecule has 0 aliphatic rings. The summed E-state index contributed by atoms with van der Waals surface area (Å²) < 4.78 is 0. The molecule has 0 fully saturated rings. The highest BCUT2D eigenvalue weighted by atomic mass is 16.3. The zero-order chi connectivity index (χ0) is 46.9. The second-order valence-corrected chi connectivity index (χ2v) is 15.1. The molecule has 0 saturated carbocycles. The van der Waals surface area contributed by atoms with Crippen LogP contribution in [0, 0.1) is 29.6 Å². The van der Waals surface area contributed by atoms with Crippen molar-refractivity contribution in [2.45, 2.75) is 159 Å². The molecule has 0 aliphatic heterocycles. The number of ketones is 1. The normalized spacial score (nSPS) is 14.0. The number of nitrogens with one attached hydrogen (secondary N) is 4. The van der Waals surface area contributed by atoms with Crippen molar-refractivity contribution >= 4 is 35.3 Å². The van der Waals surface area contributed by atoms with E-state index < -0.39 is 72.1 Å². The lowest BCUT2D eigenvalue weighted by Crippen LogP contribution is -2.41. The van der Waals surface area contributed by atoms with Crippen LogP contribution in [0.2, 0.25) is 0 Å². The first-order valence-corrected chi connectivity index (χ1v) is 19.9. The van der Waals surface area contributed by atoms with Crippen molar-refractivity contribution in [3.63, 3.8) is 0 Å². The fourth-order valence-corrected chi connectivity index (χ4v) is 3.06. The minimum Gasteiger partial charge on any atom is -0.394 e. The Hall–Kier alpha value is -3.30. The molecule has 0 spiro atoms. The summed E-state index contributed by atoms with van der Waals surface area (Å²) in [5, 5.41) is 81.7. The predicted molar refractivity (Wildman–Crippen MR) is 227 cm³/mol. The first-order chi connectivity index (χ1) is 26.6. The van der Waals surface area contributed by atoms with Gasteiger partial charge in [-0.3, -0.25) is 28.8 Å². The highest BCUT2D eigenvalue weighted by Gasteiger charge is 2.20. The lowest BCUT2D eigenvalue weighted by Gasteiger charge is -2.15. The van der Waals surface area contributed by atoms with E-state index in [9.17, 15) is 39.0 Å².